The van der Waals surface area contributed by atoms with Gasteiger partial charge in [-0.1, -0.05) is 24.6 Å². The lowest BCUT2D eigenvalue weighted by molar-refractivity contribution is 0.0524. The number of hydrogen-bond donors (Lipinski definition) is 1. The van der Waals surface area contributed by atoms with Gasteiger partial charge in [-0.15, -0.1) is 0 Å². The number of benzene rings is 1. The fraction of sp³-hybridized carbons (Fsp3) is 0.278. The van der Waals surface area contributed by atoms with E-state index in [0.29, 0.717) is 17.7 Å². The quantitative estimate of drug-likeness (QED) is 0.725. The molecule has 3 aromatic rings. The Balaban J connectivity index is 2.21. The van der Waals surface area contributed by atoms with Crippen LogP contribution in [0.25, 0.3) is 22.2 Å². The number of ether oxygens (including phenoxy) is 1. The molecule has 7 heteroatoms. The van der Waals surface area contributed by atoms with Gasteiger partial charge >= 0.3 is 5.97 Å². The second kappa shape index (κ2) is 6.72. The van der Waals surface area contributed by atoms with Crippen LogP contribution in [-0.4, -0.2) is 27.3 Å². The number of fused-ring (bicyclic) bond motifs is 1. The number of rotatable bonds is 4. The number of pyridine rings is 1. The molecule has 0 radical (unpaired) electrons. The first-order valence-corrected chi connectivity index (χ1v) is 8.39. The van der Waals surface area contributed by atoms with E-state index in [1.54, 1.807) is 17.8 Å². The molecule has 0 saturated heterocycles. The zero-order chi connectivity index (χ0) is 18.1. The molecule has 0 aliphatic heterocycles. The Bertz CT molecular complexity index is 1020. The highest BCUT2D eigenvalue weighted by molar-refractivity contribution is 6.34. The van der Waals surface area contributed by atoms with Gasteiger partial charge in [0, 0.05) is 12.4 Å². The average molecular weight is 360 g/mol. The minimum atomic E-state index is -0.710. The number of halogens is 1. The summed E-state index contributed by atoms with van der Waals surface area (Å²) in [5, 5.41) is 5.32. The van der Waals surface area contributed by atoms with E-state index < -0.39 is 11.5 Å². The molecule has 2 aromatic heterocycles. The first kappa shape index (κ1) is 17.2. The van der Waals surface area contributed by atoms with Crippen LogP contribution < -0.4 is 5.56 Å². The number of nitrogens with one attached hydrogen (secondary N) is 1. The number of carbonyl (C=O) groups excluding carboxylic acids is 1. The van der Waals surface area contributed by atoms with Crippen LogP contribution in [-0.2, 0) is 18.2 Å². The number of nitrogens with zero attached hydrogens (tertiary/aromatic N) is 2. The Labute approximate surface area is 149 Å². The molecular weight excluding hydrogens is 342 g/mol. The van der Waals surface area contributed by atoms with E-state index in [1.165, 1.54) is 0 Å². The van der Waals surface area contributed by atoms with Gasteiger partial charge in [-0.25, -0.2) is 4.79 Å². The number of carbonyl (C=O) groups is 1. The van der Waals surface area contributed by atoms with Gasteiger partial charge in [0.2, 0.25) is 0 Å². The standard InChI is InChI=1S/C18H18ClN3O3/c1-4-12-15(19)14(18(24)25-5-2)17(23)21-16(12)10-6-7-13-11(8-10)9-20-22(13)3/h6-9H,4-5H2,1-3H3,(H,21,23). The molecule has 0 amide bonds. The van der Waals surface area contributed by atoms with Crippen molar-refractivity contribution < 1.29 is 9.53 Å². The molecule has 0 bridgehead atoms. The van der Waals surface area contributed by atoms with Gasteiger partial charge in [0.15, 0.2) is 0 Å². The van der Waals surface area contributed by atoms with Crippen molar-refractivity contribution in [2.24, 2.45) is 7.05 Å². The Morgan fingerprint density at radius 1 is 1.36 bits per heavy atom. The third kappa shape index (κ3) is 2.93. The van der Waals surface area contributed by atoms with E-state index in [0.717, 1.165) is 16.5 Å². The Morgan fingerprint density at radius 2 is 2.12 bits per heavy atom. The summed E-state index contributed by atoms with van der Waals surface area (Å²) in [4.78, 5) is 27.3. The molecule has 6 nitrogen and oxygen atoms in total. The predicted molar refractivity (Wildman–Crippen MR) is 97.1 cm³/mol. The van der Waals surface area contributed by atoms with Crippen LogP contribution in [0.3, 0.4) is 0 Å². The lowest BCUT2D eigenvalue weighted by Crippen LogP contribution is -2.22. The molecule has 3 rings (SSSR count). The highest BCUT2D eigenvalue weighted by atomic mass is 35.5. The third-order valence-corrected chi connectivity index (χ3v) is 4.54. The van der Waals surface area contributed by atoms with Crippen LogP contribution >= 0.6 is 11.6 Å². The molecule has 1 N–H and O–H groups in total. The Morgan fingerprint density at radius 3 is 2.80 bits per heavy atom. The smallest absolute Gasteiger partial charge is 0.345 e. The molecule has 1 aromatic carbocycles. The van der Waals surface area contributed by atoms with Gasteiger partial charge in [0.05, 0.1) is 29.0 Å². The third-order valence-electron chi connectivity index (χ3n) is 4.12. The van der Waals surface area contributed by atoms with Crippen LogP contribution in [0.1, 0.15) is 29.8 Å². The van der Waals surface area contributed by atoms with Gasteiger partial charge < -0.3 is 9.72 Å². The summed E-state index contributed by atoms with van der Waals surface area (Å²) in [6, 6.07) is 5.77. The maximum atomic E-state index is 12.4. The molecule has 0 aliphatic rings. The number of hydrogen-bond acceptors (Lipinski definition) is 4. The molecule has 130 valence electrons. The minimum Gasteiger partial charge on any atom is -0.462 e. The van der Waals surface area contributed by atoms with E-state index in [1.807, 2.05) is 32.2 Å². The fourth-order valence-corrected chi connectivity index (χ4v) is 3.29. The van der Waals surface area contributed by atoms with Crippen molar-refractivity contribution in [1.82, 2.24) is 14.8 Å². The van der Waals surface area contributed by atoms with Gasteiger partial charge in [0.25, 0.3) is 5.56 Å². The number of aromatic amines is 1. The molecule has 0 fully saturated rings. The number of aryl methyl sites for hydroxylation is 1. The Kier molecular flexibility index (Phi) is 4.63. The fourth-order valence-electron chi connectivity index (χ4n) is 2.89. The predicted octanol–water partition coefficient (Wildman–Crippen LogP) is 3.32. The first-order chi connectivity index (χ1) is 12.0. The summed E-state index contributed by atoms with van der Waals surface area (Å²) in [6.07, 6.45) is 2.32. The largest absolute Gasteiger partial charge is 0.462 e. The van der Waals surface area contributed by atoms with E-state index in [-0.39, 0.29) is 17.2 Å². The monoisotopic (exact) mass is 359 g/mol. The molecular formula is C18H18ClN3O3. The van der Waals surface area contributed by atoms with Crippen molar-refractivity contribution in [3.05, 3.63) is 50.9 Å². The number of esters is 1. The normalized spacial score (nSPS) is 11.0. The summed E-state index contributed by atoms with van der Waals surface area (Å²) in [5.74, 6) is -0.710. The number of aromatic nitrogens is 3. The van der Waals surface area contributed by atoms with Gasteiger partial charge in [-0.2, -0.15) is 5.10 Å². The van der Waals surface area contributed by atoms with E-state index in [2.05, 4.69) is 10.1 Å². The van der Waals surface area contributed by atoms with Gasteiger partial charge in [-0.05, 0) is 36.6 Å². The first-order valence-electron chi connectivity index (χ1n) is 8.01. The van der Waals surface area contributed by atoms with Crippen molar-refractivity contribution in [3.63, 3.8) is 0 Å². The molecule has 0 atom stereocenters. The molecule has 0 spiro atoms. The summed E-state index contributed by atoms with van der Waals surface area (Å²) in [6.45, 7) is 3.77. The molecule has 2 heterocycles. The average Bonchev–Trinajstić information content (AvgIpc) is 2.95. The summed E-state index contributed by atoms with van der Waals surface area (Å²) in [5.41, 5.74) is 2.41. The maximum Gasteiger partial charge on any atom is 0.345 e. The van der Waals surface area contributed by atoms with Crippen LogP contribution in [0.5, 0.6) is 0 Å². The Hall–Kier alpha value is -2.60. The van der Waals surface area contributed by atoms with E-state index >= 15 is 0 Å². The SMILES string of the molecule is CCOC(=O)c1c(Cl)c(CC)c(-c2ccc3c(cnn3C)c2)[nH]c1=O. The molecule has 0 saturated carbocycles. The highest BCUT2D eigenvalue weighted by Gasteiger charge is 2.22. The van der Waals surface area contributed by atoms with Crippen molar-refractivity contribution >= 4 is 28.5 Å². The van der Waals surface area contributed by atoms with Gasteiger partial charge in [-0.3, -0.25) is 9.48 Å². The van der Waals surface area contributed by atoms with E-state index in [4.69, 9.17) is 16.3 Å². The summed E-state index contributed by atoms with van der Waals surface area (Å²) in [7, 11) is 1.87. The summed E-state index contributed by atoms with van der Waals surface area (Å²) >= 11 is 6.38. The number of H-pyrrole nitrogens is 1. The van der Waals surface area contributed by atoms with E-state index in [9.17, 15) is 9.59 Å². The van der Waals surface area contributed by atoms with Crippen molar-refractivity contribution in [2.75, 3.05) is 6.61 Å². The van der Waals surface area contributed by atoms with Crippen LogP contribution in [0, 0.1) is 0 Å². The van der Waals surface area contributed by atoms with Crippen molar-refractivity contribution in [2.45, 2.75) is 20.3 Å². The molecule has 0 aliphatic carbocycles. The second-order valence-corrected chi connectivity index (χ2v) is 5.99. The van der Waals surface area contributed by atoms with Crippen LogP contribution in [0.4, 0.5) is 0 Å². The zero-order valence-electron chi connectivity index (χ0n) is 14.2. The van der Waals surface area contributed by atoms with Crippen molar-refractivity contribution in [3.8, 4) is 11.3 Å². The lowest BCUT2D eigenvalue weighted by atomic mass is 10.0. The zero-order valence-corrected chi connectivity index (χ0v) is 15.0. The molecule has 25 heavy (non-hydrogen) atoms. The second-order valence-electron chi connectivity index (χ2n) is 5.61. The highest BCUT2D eigenvalue weighted by Crippen LogP contribution is 2.30. The van der Waals surface area contributed by atoms with Crippen LogP contribution in [0.15, 0.2) is 29.2 Å². The molecule has 0 unspecified atom stereocenters. The maximum absolute atomic E-state index is 12.4. The summed E-state index contributed by atoms with van der Waals surface area (Å²) < 4.78 is 6.72. The topological polar surface area (TPSA) is 77.0 Å². The lowest BCUT2D eigenvalue weighted by Gasteiger charge is -2.13. The van der Waals surface area contributed by atoms with Gasteiger partial charge in [0.1, 0.15) is 5.56 Å². The van der Waals surface area contributed by atoms with Crippen LogP contribution in [0.2, 0.25) is 5.02 Å². The van der Waals surface area contributed by atoms with Crippen molar-refractivity contribution in [1.29, 1.82) is 0 Å². The minimum absolute atomic E-state index is 0.144.